The summed E-state index contributed by atoms with van der Waals surface area (Å²) in [5.74, 6) is -2.48. The van der Waals surface area contributed by atoms with E-state index in [0.29, 0.717) is 6.07 Å². The maximum Gasteiger partial charge on any atom is 0.461 e. The van der Waals surface area contributed by atoms with Crippen molar-refractivity contribution in [3.05, 3.63) is 67.8 Å². The topological polar surface area (TPSA) is 125 Å². The van der Waals surface area contributed by atoms with Gasteiger partial charge in [0.25, 0.3) is 17.3 Å². The standard InChI is InChI=1S/C16H8F7N3O6.Li/c17-14(18)16(22,23)32-9-3-1-2-7(4-9)13(27)24-12-10(15(19,20)21)5-8(25(28)29)6-11(12)26(30)31;/h1-6,14H,(H,24,27);. The van der Waals surface area contributed by atoms with Crippen molar-refractivity contribution in [2.24, 2.45) is 0 Å². The normalized spacial score (nSPS) is 11.5. The third kappa shape index (κ3) is 6.55. The van der Waals surface area contributed by atoms with Gasteiger partial charge in [-0.25, -0.2) is 0 Å². The van der Waals surface area contributed by atoms with E-state index in [0.717, 1.165) is 18.2 Å². The van der Waals surface area contributed by atoms with E-state index in [2.05, 4.69) is 4.74 Å². The van der Waals surface area contributed by atoms with Crippen molar-refractivity contribution >= 4 is 41.8 Å². The van der Waals surface area contributed by atoms with Crippen LogP contribution < -0.4 is 10.1 Å². The number of anilines is 1. The molecule has 0 atom stereocenters. The molecule has 2 rings (SSSR count). The minimum atomic E-state index is -5.39. The second-order valence-electron chi connectivity index (χ2n) is 5.85. The van der Waals surface area contributed by atoms with Gasteiger partial charge in [-0.3, -0.25) is 25.0 Å². The Morgan fingerprint density at radius 3 is 2.09 bits per heavy atom. The van der Waals surface area contributed by atoms with Crippen LogP contribution in [0.1, 0.15) is 15.9 Å². The van der Waals surface area contributed by atoms with E-state index in [1.54, 1.807) is 5.32 Å². The summed E-state index contributed by atoms with van der Waals surface area (Å²) in [5, 5.41) is 23.5. The minimum Gasteiger partial charge on any atom is -0.428 e. The Hall–Kier alpha value is -3.38. The van der Waals surface area contributed by atoms with Crippen LogP contribution >= 0.6 is 0 Å². The Labute approximate surface area is 190 Å². The van der Waals surface area contributed by atoms with Crippen molar-refractivity contribution in [1.82, 2.24) is 0 Å². The van der Waals surface area contributed by atoms with Crippen molar-refractivity contribution in [2.45, 2.75) is 18.7 Å². The van der Waals surface area contributed by atoms with Crippen LogP contribution in [0.3, 0.4) is 0 Å². The summed E-state index contributed by atoms with van der Waals surface area (Å²) < 4.78 is 94.3. The Morgan fingerprint density at radius 1 is 1.00 bits per heavy atom. The van der Waals surface area contributed by atoms with Gasteiger partial charge >= 0.3 is 18.7 Å². The van der Waals surface area contributed by atoms with Crippen molar-refractivity contribution in [3.8, 4) is 5.75 Å². The van der Waals surface area contributed by atoms with E-state index >= 15 is 0 Å². The molecule has 1 amide bonds. The van der Waals surface area contributed by atoms with Gasteiger partial charge in [0.2, 0.25) is 0 Å². The first-order chi connectivity index (χ1) is 14.6. The van der Waals surface area contributed by atoms with Gasteiger partial charge in [-0.2, -0.15) is 30.7 Å². The molecule has 9 nitrogen and oxygen atoms in total. The molecule has 0 unspecified atom stereocenters. The Balaban J connectivity index is 0.00000544. The SMILES string of the molecule is O=C(Nc1c([N+](=O)[O-])cc([N+](=O)[O-])cc1C(F)(F)F)c1cccc(OC(F)(F)C(F)F)c1.[Li]. The summed E-state index contributed by atoms with van der Waals surface area (Å²) in [6.07, 6.45) is -14.6. The number of alkyl halides is 7. The third-order valence-corrected chi connectivity index (χ3v) is 3.66. The van der Waals surface area contributed by atoms with Gasteiger partial charge in [0.15, 0.2) is 0 Å². The third-order valence-electron chi connectivity index (χ3n) is 3.66. The monoisotopic (exact) mass is 478 g/mol. The number of ether oxygens (including phenoxy) is 1. The van der Waals surface area contributed by atoms with Crippen LogP contribution in [0.5, 0.6) is 5.75 Å². The van der Waals surface area contributed by atoms with Gasteiger partial charge in [0, 0.05) is 30.5 Å². The summed E-state index contributed by atoms with van der Waals surface area (Å²) in [5.41, 5.74) is -6.85. The molecule has 0 aliphatic carbocycles. The van der Waals surface area contributed by atoms with Crippen LogP contribution in [-0.2, 0) is 6.18 Å². The number of amides is 1. The molecular formula is C16H8F7LiN3O6. The van der Waals surface area contributed by atoms with E-state index in [1.165, 1.54) is 0 Å². The summed E-state index contributed by atoms with van der Waals surface area (Å²) in [4.78, 5) is 31.5. The molecule has 0 saturated carbocycles. The summed E-state index contributed by atoms with van der Waals surface area (Å²) in [6.45, 7) is 0. The molecule has 0 aliphatic heterocycles. The molecule has 0 aliphatic rings. The molecule has 0 aromatic heterocycles. The van der Waals surface area contributed by atoms with E-state index in [-0.39, 0.29) is 31.0 Å². The van der Waals surface area contributed by atoms with Gasteiger partial charge in [0.1, 0.15) is 11.4 Å². The minimum absolute atomic E-state index is 0. The van der Waals surface area contributed by atoms with Crippen LogP contribution in [0.2, 0.25) is 0 Å². The second kappa shape index (κ2) is 10.0. The number of hydrogen-bond acceptors (Lipinski definition) is 6. The van der Waals surface area contributed by atoms with Crippen molar-refractivity contribution in [3.63, 3.8) is 0 Å². The number of carbonyl (C=O) groups is 1. The Kier molecular flexibility index (Phi) is 8.42. The van der Waals surface area contributed by atoms with Gasteiger partial charge in [-0.15, -0.1) is 0 Å². The van der Waals surface area contributed by atoms with Gasteiger partial charge < -0.3 is 10.1 Å². The number of nitro benzene ring substituents is 2. The number of carbonyl (C=O) groups excluding carboxylic acids is 1. The predicted molar refractivity (Wildman–Crippen MR) is 96.5 cm³/mol. The van der Waals surface area contributed by atoms with Crippen molar-refractivity contribution in [2.75, 3.05) is 5.32 Å². The van der Waals surface area contributed by atoms with Crippen LogP contribution in [0.15, 0.2) is 36.4 Å². The molecular weight excluding hydrogens is 470 g/mol. The number of nitrogens with zero attached hydrogens (tertiary/aromatic N) is 2. The first-order valence-electron chi connectivity index (χ1n) is 7.94. The zero-order chi connectivity index (χ0) is 24.4. The molecule has 0 spiro atoms. The first kappa shape index (κ1) is 27.7. The zero-order valence-corrected chi connectivity index (χ0v) is 16.0. The molecule has 0 saturated heterocycles. The zero-order valence-electron chi connectivity index (χ0n) is 16.0. The summed E-state index contributed by atoms with van der Waals surface area (Å²) in [6, 6.07) is 3.05. The molecule has 2 aromatic rings. The van der Waals surface area contributed by atoms with E-state index in [9.17, 15) is 55.8 Å². The van der Waals surface area contributed by atoms with E-state index in [1.807, 2.05) is 0 Å². The first-order valence-corrected chi connectivity index (χ1v) is 7.94. The maximum atomic E-state index is 13.3. The van der Waals surface area contributed by atoms with Gasteiger partial charge in [-0.1, -0.05) is 6.07 Å². The number of hydrogen-bond donors (Lipinski definition) is 1. The predicted octanol–water partition coefficient (Wildman–Crippen LogP) is 4.63. The van der Waals surface area contributed by atoms with Crippen LogP contribution in [0.25, 0.3) is 0 Å². The number of rotatable bonds is 7. The largest absolute Gasteiger partial charge is 0.461 e. The molecule has 0 bridgehead atoms. The van der Waals surface area contributed by atoms with Crippen LogP contribution in [-0.4, -0.2) is 47.1 Å². The average Bonchev–Trinajstić information content (AvgIpc) is 2.66. The van der Waals surface area contributed by atoms with Crippen LogP contribution in [0, 0.1) is 20.2 Å². The number of nitro groups is 2. The second-order valence-corrected chi connectivity index (χ2v) is 5.85. The van der Waals surface area contributed by atoms with Gasteiger partial charge in [-0.05, 0) is 18.2 Å². The Morgan fingerprint density at radius 2 is 1.61 bits per heavy atom. The quantitative estimate of drug-likeness (QED) is 0.268. The van der Waals surface area contributed by atoms with E-state index < -0.39 is 68.4 Å². The number of benzene rings is 2. The molecule has 1 radical (unpaired) electrons. The molecule has 33 heavy (non-hydrogen) atoms. The molecule has 17 heteroatoms. The maximum absolute atomic E-state index is 13.3. The fraction of sp³-hybridized carbons (Fsp3) is 0.188. The Bertz CT molecular complexity index is 1080. The fourth-order valence-electron chi connectivity index (χ4n) is 2.30. The number of halogens is 7. The number of non-ortho nitro benzene ring substituents is 1. The van der Waals surface area contributed by atoms with Crippen molar-refractivity contribution < 1.29 is 50.1 Å². The fourth-order valence-corrected chi connectivity index (χ4v) is 2.30. The number of nitrogens with one attached hydrogen (secondary N) is 1. The van der Waals surface area contributed by atoms with Crippen molar-refractivity contribution in [1.29, 1.82) is 0 Å². The smallest absolute Gasteiger partial charge is 0.428 e. The molecule has 2 aromatic carbocycles. The van der Waals surface area contributed by atoms with E-state index in [4.69, 9.17) is 0 Å². The molecule has 1 N–H and O–H groups in total. The average molecular weight is 478 g/mol. The molecule has 0 fully saturated rings. The molecule has 173 valence electrons. The summed E-state index contributed by atoms with van der Waals surface area (Å²) >= 11 is 0. The summed E-state index contributed by atoms with van der Waals surface area (Å²) in [7, 11) is 0. The van der Waals surface area contributed by atoms with Crippen LogP contribution in [0.4, 0.5) is 47.8 Å². The van der Waals surface area contributed by atoms with Gasteiger partial charge in [0.05, 0.1) is 21.5 Å². The molecule has 0 heterocycles.